The lowest BCUT2D eigenvalue weighted by atomic mass is 9.86. The van der Waals surface area contributed by atoms with E-state index in [1.165, 1.54) is 6.42 Å². The molecule has 21 heavy (non-hydrogen) atoms. The zero-order valence-corrected chi connectivity index (χ0v) is 14.0. The van der Waals surface area contributed by atoms with Crippen LogP contribution in [-0.2, 0) is 16.6 Å². The molecule has 0 unspecified atom stereocenters. The molecule has 0 saturated heterocycles. The van der Waals surface area contributed by atoms with Crippen LogP contribution in [0.3, 0.4) is 0 Å². The zero-order valence-electron chi connectivity index (χ0n) is 13.2. The first-order valence-electron chi connectivity index (χ1n) is 7.75. The van der Waals surface area contributed by atoms with Gasteiger partial charge in [-0.1, -0.05) is 13.3 Å². The number of hydrogen-bond donors (Lipinski definition) is 2. The smallest absolute Gasteiger partial charge is 0.244 e. The van der Waals surface area contributed by atoms with Crippen molar-refractivity contribution < 1.29 is 12.8 Å². The minimum atomic E-state index is -3.49. The van der Waals surface area contributed by atoms with Gasteiger partial charge in [-0.25, -0.2) is 13.1 Å². The maximum atomic E-state index is 12.6. The Kier molecular flexibility index (Phi) is 5.46. The molecule has 1 aromatic rings. The topological polar surface area (TPSA) is 71.3 Å². The third-order valence-electron chi connectivity index (χ3n) is 4.11. The number of sulfonamides is 1. The average Bonchev–Trinajstić information content (AvgIpc) is 2.63. The van der Waals surface area contributed by atoms with E-state index >= 15 is 0 Å². The first-order chi connectivity index (χ1) is 9.95. The molecule has 6 heteroatoms. The van der Waals surface area contributed by atoms with Gasteiger partial charge < -0.3 is 9.73 Å². The van der Waals surface area contributed by atoms with Crippen LogP contribution >= 0.6 is 0 Å². The normalized spacial score (nSPS) is 16.1. The highest BCUT2D eigenvalue weighted by Crippen LogP contribution is 2.28. The quantitative estimate of drug-likeness (QED) is 0.723. The maximum Gasteiger partial charge on any atom is 0.244 e. The van der Waals surface area contributed by atoms with Gasteiger partial charge in [0.2, 0.25) is 10.0 Å². The summed E-state index contributed by atoms with van der Waals surface area (Å²) in [6, 6.07) is 0. The van der Waals surface area contributed by atoms with Crippen molar-refractivity contribution in [3.63, 3.8) is 0 Å². The van der Waals surface area contributed by atoms with Crippen molar-refractivity contribution in [3.8, 4) is 0 Å². The van der Waals surface area contributed by atoms with Gasteiger partial charge in [0, 0.05) is 18.7 Å². The SMILES string of the molecule is CCCNCc1c(C)oc(C)c1S(=O)(=O)NCC1CCC1. The Morgan fingerprint density at radius 3 is 2.52 bits per heavy atom. The molecule has 1 fully saturated rings. The second kappa shape index (κ2) is 6.94. The van der Waals surface area contributed by atoms with E-state index in [0.717, 1.165) is 31.4 Å². The van der Waals surface area contributed by atoms with Crippen LogP contribution in [0.5, 0.6) is 0 Å². The van der Waals surface area contributed by atoms with Gasteiger partial charge in [-0.3, -0.25) is 0 Å². The number of nitrogens with one attached hydrogen (secondary N) is 2. The molecule has 1 saturated carbocycles. The number of hydrogen-bond acceptors (Lipinski definition) is 4. The molecule has 0 radical (unpaired) electrons. The Morgan fingerprint density at radius 2 is 1.95 bits per heavy atom. The van der Waals surface area contributed by atoms with Gasteiger partial charge >= 0.3 is 0 Å². The van der Waals surface area contributed by atoms with E-state index in [4.69, 9.17) is 4.42 Å². The standard InChI is InChI=1S/C15H26N2O3S/c1-4-8-16-10-14-11(2)20-12(3)15(14)21(18,19)17-9-13-6-5-7-13/h13,16-17H,4-10H2,1-3H3. The van der Waals surface area contributed by atoms with Crippen LogP contribution in [0, 0.1) is 19.8 Å². The number of aryl methyl sites for hydroxylation is 2. The monoisotopic (exact) mass is 314 g/mol. The number of furan rings is 1. The highest BCUT2D eigenvalue weighted by atomic mass is 32.2. The fourth-order valence-corrected chi connectivity index (χ4v) is 4.21. The molecule has 0 spiro atoms. The van der Waals surface area contributed by atoms with Crippen molar-refractivity contribution in [1.29, 1.82) is 0 Å². The van der Waals surface area contributed by atoms with Crippen LogP contribution < -0.4 is 10.0 Å². The molecule has 1 aliphatic rings. The first kappa shape index (κ1) is 16.5. The Bertz CT molecular complexity index is 574. The fourth-order valence-electron chi connectivity index (χ4n) is 2.65. The van der Waals surface area contributed by atoms with Gasteiger partial charge in [-0.05, 0) is 45.6 Å². The summed E-state index contributed by atoms with van der Waals surface area (Å²) >= 11 is 0. The van der Waals surface area contributed by atoms with Crippen LogP contribution in [0.1, 0.15) is 49.7 Å². The predicted molar refractivity (Wildman–Crippen MR) is 82.7 cm³/mol. The molecule has 1 aromatic heterocycles. The summed E-state index contributed by atoms with van der Waals surface area (Å²) in [5.74, 6) is 1.65. The Balaban J connectivity index is 2.15. The van der Waals surface area contributed by atoms with E-state index in [1.54, 1.807) is 6.92 Å². The summed E-state index contributed by atoms with van der Waals surface area (Å²) in [6.45, 7) is 7.54. The maximum absolute atomic E-state index is 12.6. The summed E-state index contributed by atoms with van der Waals surface area (Å²) in [5.41, 5.74) is 0.752. The van der Waals surface area contributed by atoms with Crippen molar-refractivity contribution in [1.82, 2.24) is 10.0 Å². The summed E-state index contributed by atoms with van der Waals surface area (Å²) in [7, 11) is -3.49. The average molecular weight is 314 g/mol. The van der Waals surface area contributed by atoms with Gasteiger partial charge in [0.15, 0.2) is 0 Å². The van der Waals surface area contributed by atoms with Crippen molar-refractivity contribution in [3.05, 3.63) is 17.1 Å². The van der Waals surface area contributed by atoms with Crippen molar-refractivity contribution in [2.24, 2.45) is 5.92 Å². The van der Waals surface area contributed by atoms with Crippen LogP contribution in [0.25, 0.3) is 0 Å². The van der Waals surface area contributed by atoms with Crippen LogP contribution in [-0.4, -0.2) is 21.5 Å². The molecule has 2 rings (SSSR count). The van der Waals surface area contributed by atoms with Gasteiger partial charge in [0.1, 0.15) is 16.4 Å². The molecule has 0 aliphatic heterocycles. The summed E-state index contributed by atoms with van der Waals surface area (Å²) < 4.78 is 33.4. The van der Waals surface area contributed by atoms with Crippen LogP contribution in [0.4, 0.5) is 0 Å². The molecule has 120 valence electrons. The molecule has 1 heterocycles. The van der Waals surface area contributed by atoms with Gasteiger partial charge in [0.05, 0.1) is 0 Å². The second-order valence-corrected chi connectivity index (χ2v) is 7.55. The van der Waals surface area contributed by atoms with Crippen LogP contribution in [0.15, 0.2) is 9.31 Å². The molecule has 0 amide bonds. The van der Waals surface area contributed by atoms with E-state index in [9.17, 15) is 8.42 Å². The van der Waals surface area contributed by atoms with Crippen molar-refractivity contribution in [2.45, 2.75) is 57.9 Å². The summed E-state index contributed by atoms with van der Waals surface area (Å²) in [4.78, 5) is 0.322. The van der Waals surface area contributed by atoms with Crippen molar-refractivity contribution in [2.75, 3.05) is 13.1 Å². The lowest BCUT2D eigenvalue weighted by Gasteiger charge is -2.25. The fraction of sp³-hybridized carbons (Fsp3) is 0.733. The molecule has 1 aliphatic carbocycles. The Hall–Kier alpha value is -0.850. The Labute approximate surface area is 127 Å². The summed E-state index contributed by atoms with van der Waals surface area (Å²) in [5, 5.41) is 3.25. The molecule has 0 bridgehead atoms. The molecule has 5 nitrogen and oxygen atoms in total. The highest BCUT2D eigenvalue weighted by molar-refractivity contribution is 7.89. The van der Waals surface area contributed by atoms with E-state index in [0.29, 0.717) is 35.4 Å². The predicted octanol–water partition coefficient (Wildman–Crippen LogP) is 2.47. The largest absolute Gasteiger partial charge is 0.465 e. The zero-order chi connectivity index (χ0) is 15.5. The third kappa shape index (κ3) is 3.87. The number of rotatable bonds is 8. The first-order valence-corrected chi connectivity index (χ1v) is 9.23. The highest BCUT2D eigenvalue weighted by Gasteiger charge is 2.28. The molecule has 2 N–H and O–H groups in total. The third-order valence-corrected chi connectivity index (χ3v) is 5.73. The van der Waals surface area contributed by atoms with Crippen molar-refractivity contribution >= 4 is 10.0 Å². The van der Waals surface area contributed by atoms with Gasteiger partial charge in [-0.2, -0.15) is 0 Å². The minimum absolute atomic E-state index is 0.322. The van der Waals surface area contributed by atoms with E-state index < -0.39 is 10.0 Å². The molecular formula is C15H26N2O3S. The van der Waals surface area contributed by atoms with E-state index in [1.807, 2.05) is 6.92 Å². The molecule has 0 atom stereocenters. The minimum Gasteiger partial charge on any atom is -0.465 e. The molecular weight excluding hydrogens is 288 g/mol. The second-order valence-electron chi connectivity index (χ2n) is 5.85. The van der Waals surface area contributed by atoms with Crippen LogP contribution in [0.2, 0.25) is 0 Å². The lowest BCUT2D eigenvalue weighted by Crippen LogP contribution is -2.33. The van der Waals surface area contributed by atoms with Gasteiger partial charge in [-0.15, -0.1) is 0 Å². The molecule has 0 aromatic carbocycles. The lowest BCUT2D eigenvalue weighted by molar-refractivity contribution is 0.316. The van der Waals surface area contributed by atoms with E-state index in [-0.39, 0.29) is 0 Å². The van der Waals surface area contributed by atoms with Gasteiger partial charge in [0.25, 0.3) is 0 Å². The summed E-state index contributed by atoms with van der Waals surface area (Å²) in [6.07, 6.45) is 4.47. The van der Waals surface area contributed by atoms with E-state index in [2.05, 4.69) is 17.0 Å². The Morgan fingerprint density at radius 1 is 1.24 bits per heavy atom.